The Morgan fingerprint density at radius 3 is 2.30 bits per heavy atom. The number of carbonyl (C=O) groups excluding carboxylic acids is 2. The first kappa shape index (κ1) is 17.7. The van der Waals surface area contributed by atoms with Gasteiger partial charge in [0.2, 0.25) is 11.8 Å². The lowest BCUT2D eigenvalue weighted by Crippen LogP contribution is -2.35. The molecular formula is C15H19ClN2O4S. The molecule has 126 valence electrons. The van der Waals surface area contributed by atoms with Gasteiger partial charge in [0.05, 0.1) is 10.6 Å². The molecule has 6 nitrogen and oxygen atoms in total. The Bertz CT molecular complexity index is 669. The van der Waals surface area contributed by atoms with E-state index in [4.69, 9.17) is 11.6 Å². The number of halogens is 1. The van der Waals surface area contributed by atoms with E-state index >= 15 is 0 Å². The van der Waals surface area contributed by atoms with Crippen molar-refractivity contribution in [1.82, 2.24) is 10.6 Å². The van der Waals surface area contributed by atoms with Crippen LogP contribution < -0.4 is 10.6 Å². The van der Waals surface area contributed by atoms with Crippen molar-refractivity contribution in [2.75, 3.05) is 18.8 Å². The second-order valence-corrected chi connectivity index (χ2v) is 7.98. The van der Waals surface area contributed by atoms with E-state index in [9.17, 15) is 18.0 Å². The third kappa shape index (κ3) is 5.84. The molecule has 2 amide bonds. The Morgan fingerprint density at radius 1 is 1.09 bits per heavy atom. The van der Waals surface area contributed by atoms with Crippen LogP contribution in [0.5, 0.6) is 0 Å². The van der Waals surface area contributed by atoms with Crippen LogP contribution in [-0.2, 0) is 19.4 Å². The molecule has 1 saturated carbocycles. The fourth-order valence-corrected chi connectivity index (χ4v) is 3.32. The maximum Gasteiger partial charge on any atom is 0.223 e. The molecule has 1 aromatic carbocycles. The van der Waals surface area contributed by atoms with Crippen molar-refractivity contribution in [3.05, 3.63) is 29.3 Å². The average Bonchev–Trinajstić information content (AvgIpc) is 3.35. The van der Waals surface area contributed by atoms with Gasteiger partial charge in [0.25, 0.3) is 0 Å². The van der Waals surface area contributed by atoms with Gasteiger partial charge >= 0.3 is 0 Å². The molecule has 2 rings (SSSR count). The zero-order valence-corrected chi connectivity index (χ0v) is 14.1. The first-order chi connectivity index (χ1) is 10.9. The first-order valence-electron chi connectivity index (χ1n) is 7.41. The molecule has 1 aromatic rings. The van der Waals surface area contributed by atoms with Crippen LogP contribution in [0.2, 0.25) is 5.02 Å². The van der Waals surface area contributed by atoms with Crippen molar-refractivity contribution in [3.63, 3.8) is 0 Å². The summed E-state index contributed by atoms with van der Waals surface area (Å²) < 4.78 is 24.1. The number of benzene rings is 1. The first-order valence-corrected chi connectivity index (χ1v) is 9.44. The van der Waals surface area contributed by atoms with E-state index in [0.717, 1.165) is 12.8 Å². The summed E-state index contributed by atoms with van der Waals surface area (Å²) in [6.45, 7) is 0.642. The largest absolute Gasteiger partial charge is 0.354 e. The fraction of sp³-hybridized carbons (Fsp3) is 0.467. The van der Waals surface area contributed by atoms with Gasteiger partial charge in [-0.3, -0.25) is 9.59 Å². The summed E-state index contributed by atoms with van der Waals surface area (Å²) in [5.41, 5.74) is 0. The SMILES string of the molecule is O=C(CCS(=O)(=O)c1ccc(Cl)cc1)NCCNC(=O)C1CC1. The third-order valence-corrected chi connectivity index (χ3v) is 5.45. The monoisotopic (exact) mass is 358 g/mol. The fourth-order valence-electron chi connectivity index (χ4n) is 1.95. The summed E-state index contributed by atoms with van der Waals surface area (Å²) in [6.07, 6.45) is 1.74. The molecule has 1 aliphatic carbocycles. The smallest absolute Gasteiger partial charge is 0.223 e. The zero-order chi connectivity index (χ0) is 16.9. The summed E-state index contributed by atoms with van der Waals surface area (Å²) in [5, 5.41) is 5.76. The molecular weight excluding hydrogens is 340 g/mol. The number of rotatable bonds is 8. The van der Waals surface area contributed by atoms with Gasteiger partial charge in [-0.1, -0.05) is 11.6 Å². The van der Waals surface area contributed by atoms with Crippen molar-refractivity contribution in [2.45, 2.75) is 24.2 Å². The van der Waals surface area contributed by atoms with Crippen LogP contribution in [0.25, 0.3) is 0 Å². The predicted molar refractivity (Wildman–Crippen MR) is 86.9 cm³/mol. The minimum absolute atomic E-state index is 0.0181. The maximum atomic E-state index is 12.1. The molecule has 1 fully saturated rings. The van der Waals surface area contributed by atoms with Gasteiger partial charge in [0, 0.05) is 30.5 Å². The minimum Gasteiger partial charge on any atom is -0.354 e. The number of carbonyl (C=O) groups is 2. The molecule has 1 aliphatic rings. The van der Waals surface area contributed by atoms with Gasteiger partial charge < -0.3 is 10.6 Å². The van der Waals surface area contributed by atoms with Gasteiger partial charge in [-0.05, 0) is 37.1 Å². The lowest BCUT2D eigenvalue weighted by atomic mass is 10.4. The summed E-state index contributed by atoms with van der Waals surface area (Å²) in [6, 6.07) is 5.83. The van der Waals surface area contributed by atoms with Gasteiger partial charge in [-0.15, -0.1) is 0 Å². The van der Waals surface area contributed by atoms with Crippen LogP contribution in [0, 0.1) is 5.92 Å². The highest BCUT2D eigenvalue weighted by Gasteiger charge is 2.29. The van der Waals surface area contributed by atoms with E-state index in [1.54, 1.807) is 0 Å². The summed E-state index contributed by atoms with van der Waals surface area (Å²) in [5.74, 6) is -0.475. The number of sulfone groups is 1. The van der Waals surface area contributed by atoms with Crippen LogP contribution in [0.4, 0.5) is 0 Å². The van der Waals surface area contributed by atoms with Crippen LogP contribution in [-0.4, -0.2) is 39.1 Å². The van der Waals surface area contributed by atoms with E-state index in [2.05, 4.69) is 10.6 Å². The highest BCUT2D eigenvalue weighted by atomic mass is 35.5. The van der Waals surface area contributed by atoms with Crippen LogP contribution in [0.1, 0.15) is 19.3 Å². The number of nitrogens with one attached hydrogen (secondary N) is 2. The Morgan fingerprint density at radius 2 is 1.70 bits per heavy atom. The maximum absolute atomic E-state index is 12.1. The van der Waals surface area contributed by atoms with Crippen LogP contribution in [0.15, 0.2) is 29.2 Å². The molecule has 0 spiro atoms. The minimum atomic E-state index is -3.51. The molecule has 8 heteroatoms. The second-order valence-electron chi connectivity index (χ2n) is 5.44. The highest BCUT2D eigenvalue weighted by Crippen LogP contribution is 2.28. The second kappa shape index (κ2) is 7.79. The number of amides is 2. The normalized spacial score (nSPS) is 14.3. The molecule has 23 heavy (non-hydrogen) atoms. The molecule has 0 unspecified atom stereocenters. The topological polar surface area (TPSA) is 92.3 Å². The Kier molecular flexibility index (Phi) is 6.01. The zero-order valence-electron chi connectivity index (χ0n) is 12.5. The summed E-state index contributed by atoms with van der Waals surface area (Å²) in [4.78, 5) is 23.2. The molecule has 0 bridgehead atoms. The van der Waals surface area contributed by atoms with Gasteiger partial charge in [-0.25, -0.2) is 8.42 Å². The Balaban J connectivity index is 1.68. The van der Waals surface area contributed by atoms with Gasteiger partial charge in [0.15, 0.2) is 9.84 Å². The molecule has 0 saturated heterocycles. The molecule has 0 aliphatic heterocycles. The molecule has 0 radical (unpaired) electrons. The molecule has 0 aromatic heterocycles. The lowest BCUT2D eigenvalue weighted by molar-refractivity contribution is -0.123. The highest BCUT2D eigenvalue weighted by molar-refractivity contribution is 7.91. The van der Waals surface area contributed by atoms with Crippen molar-refractivity contribution in [3.8, 4) is 0 Å². The summed E-state index contributed by atoms with van der Waals surface area (Å²) in [7, 11) is -3.51. The third-order valence-electron chi connectivity index (χ3n) is 3.47. The number of hydrogen-bond acceptors (Lipinski definition) is 4. The van der Waals surface area contributed by atoms with E-state index in [0.29, 0.717) is 11.6 Å². The number of hydrogen-bond donors (Lipinski definition) is 2. The van der Waals surface area contributed by atoms with Gasteiger partial charge in [-0.2, -0.15) is 0 Å². The summed E-state index contributed by atoms with van der Waals surface area (Å²) >= 11 is 5.72. The standard InChI is InChI=1S/C15H19ClN2O4S/c16-12-3-5-13(6-4-12)23(21,22)10-7-14(19)17-8-9-18-15(20)11-1-2-11/h3-6,11H,1-2,7-10H2,(H,17,19)(H,18,20). The molecule has 2 N–H and O–H groups in total. The quantitative estimate of drug-likeness (QED) is 0.682. The molecule has 0 heterocycles. The Labute approximate surface area is 140 Å². The van der Waals surface area contributed by atoms with E-state index in [1.807, 2.05) is 0 Å². The van der Waals surface area contributed by atoms with E-state index in [1.165, 1.54) is 24.3 Å². The van der Waals surface area contributed by atoms with Crippen molar-refractivity contribution in [1.29, 1.82) is 0 Å². The van der Waals surface area contributed by atoms with Gasteiger partial charge in [0.1, 0.15) is 0 Å². The van der Waals surface area contributed by atoms with Crippen LogP contribution >= 0.6 is 11.6 Å². The van der Waals surface area contributed by atoms with Crippen molar-refractivity contribution in [2.24, 2.45) is 5.92 Å². The predicted octanol–water partition coefficient (Wildman–Crippen LogP) is 1.15. The Hall–Kier alpha value is -1.60. The average molecular weight is 359 g/mol. The van der Waals surface area contributed by atoms with E-state index < -0.39 is 9.84 Å². The van der Waals surface area contributed by atoms with Crippen molar-refractivity contribution >= 4 is 33.3 Å². The molecule has 0 atom stereocenters. The van der Waals surface area contributed by atoms with E-state index in [-0.39, 0.29) is 41.3 Å². The lowest BCUT2D eigenvalue weighted by Gasteiger charge is -2.07. The van der Waals surface area contributed by atoms with Crippen LogP contribution in [0.3, 0.4) is 0 Å². The van der Waals surface area contributed by atoms with Crippen molar-refractivity contribution < 1.29 is 18.0 Å².